The van der Waals surface area contributed by atoms with Crippen LogP contribution in [0.4, 0.5) is 8.78 Å². The fourth-order valence-corrected chi connectivity index (χ4v) is 3.78. The Hall–Kier alpha value is -0.220. The van der Waals surface area contributed by atoms with Crippen LogP contribution in [0.1, 0.15) is 44.9 Å². The Morgan fingerprint density at radius 3 is 2.56 bits per heavy atom. The molecule has 0 amide bonds. The summed E-state index contributed by atoms with van der Waals surface area (Å²) in [5, 5.41) is 0. The minimum absolute atomic E-state index is 0.0799. The molecule has 0 radical (unpaired) electrons. The van der Waals surface area contributed by atoms with Gasteiger partial charge in [0.1, 0.15) is 0 Å². The minimum Gasteiger partial charge on any atom is -0.330 e. The van der Waals surface area contributed by atoms with Crippen molar-refractivity contribution in [2.24, 2.45) is 17.6 Å². The normalized spacial score (nSPS) is 36.2. The van der Waals surface area contributed by atoms with Crippen LogP contribution in [0.3, 0.4) is 0 Å². The number of halogens is 2. The molecule has 0 aromatic rings. The number of nitrogens with zero attached hydrogens (tertiary/aromatic N) is 1. The van der Waals surface area contributed by atoms with Crippen molar-refractivity contribution in [2.75, 3.05) is 20.1 Å². The number of nitrogens with two attached hydrogens (primary N) is 1. The van der Waals surface area contributed by atoms with Crippen LogP contribution in [0.5, 0.6) is 0 Å². The van der Waals surface area contributed by atoms with Crippen LogP contribution in [-0.4, -0.2) is 37.0 Å². The van der Waals surface area contributed by atoms with Crippen LogP contribution < -0.4 is 5.73 Å². The smallest absolute Gasteiger partial charge is 0.248 e. The Morgan fingerprint density at radius 1 is 1.22 bits per heavy atom. The van der Waals surface area contributed by atoms with Crippen molar-refractivity contribution in [3.05, 3.63) is 0 Å². The maximum atomic E-state index is 13.2. The molecule has 2 aliphatic rings. The summed E-state index contributed by atoms with van der Waals surface area (Å²) in [6.45, 7) is 1.55. The first-order chi connectivity index (χ1) is 8.52. The fourth-order valence-electron chi connectivity index (χ4n) is 3.78. The Balaban J connectivity index is 1.85. The maximum Gasteiger partial charge on any atom is 0.248 e. The number of rotatable bonds is 4. The molecule has 2 aliphatic carbocycles. The molecule has 4 heteroatoms. The first kappa shape index (κ1) is 14.2. The fraction of sp³-hybridized carbons (Fsp3) is 1.00. The number of hydrogen-bond acceptors (Lipinski definition) is 2. The van der Waals surface area contributed by atoms with Gasteiger partial charge in [0.2, 0.25) is 5.92 Å². The lowest BCUT2D eigenvalue weighted by atomic mass is 9.83. The van der Waals surface area contributed by atoms with Crippen molar-refractivity contribution >= 4 is 0 Å². The highest BCUT2D eigenvalue weighted by Gasteiger charge is 2.40. The molecule has 2 N–H and O–H groups in total. The first-order valence-electron chi connectivity index (χ1n) is 7.30. The molecule has 0 heterocycles. The lowest BCUT2D eigenvalue weighted by Crippen LogP contribution is -2.44. The summed E-state index contributed by atoms with van der Waals surface area (Å²) < 4.78 is 26.4. The zero-order valence-corrected chi connectivity index (χ0v) is 11.4. The summed E-state index contributed by atoms with van der Waals surface area (Å²) in [5.74, 6) is -1.68. The Labute approximate surface area is 109 Å². The van der Waals surface area contributed by atoms with Gasteiger partial charge in [-0.3, -0.25) is 0 Å². The van der Waals surface area contributed by atoms with Gasteiger partial charge in [0.25, 0.3) is 0 Å². The van der Waals surface area contributed by atoms with E-state index in [1.165, 1.54) is 25.7 Å². The molecule has 2 nitrogen and oxygen atoms in total. The predicted molar refractivity (Wildman–Crippen MR) is 69.7 cm³/mol. The van der Waals surface area contributed by atoms with Gasteiger partial charge < -0.3 is 10.6 Å². The summed E-state index contributed by atoms with van der Waals surface area (Å²) in [6, 6.07) is 0.512. The van der Waals surface area contributed by atoms with Crippen LogP contribution in [0.2, 0.25) is 0 Å². The topological polar surface area (TPSA) is 29.3 Å². The Kier molecular flexibility index (Phi) is 4.59. The molecule has 0 saturated heterocycles. The molecule has 2 fully saturated rings. The van der Waals surface area contributed by atoms with E-state index in [9.17, 15) is 8.78 Å². The molecule has 0 aliphatic heterocycles. The second kappa shape index (κ2) is 5.83. The van der Waals surface area contributed by atoms with Crippen molar-refractivity contribution in [1.82, 2.24) is 4.90 Å². The second-order valence-corrected chi connectivity index (χ2v) is 6.25. The molecule has 0 aromatic heterocycles. The lowest BCUT2D eigenvalue weighted by molar-refractivity contribution is 0.00225. The molecular formula is C14H26F2N2. The maximum absolute atomic E-state index is 13.2. The van der Waals surface area contributed by atoms with Gasteiger partial charge in [-0.1, -0.05) is 12.8 Å². The molecule has 3 unspecified atom stereocenters. The molecule has 106 valence electrons. The molecule has 0 bridgehead atoms. The van der Waals surface area contributed by atoms with E-state index in [0.29, 0.717) is 18.4 Å². The standard InChI is InChI=1S/C14H26F2N2/c1-18(10-11-6-7-14(15,16)8-11)13-5-3-2-4-12(13)9-17/h11-13H,2-10,17H2,1H3. The summed E-state index contributed by atoms with van der Waals surface area (Å²) in [4.78, 5) is 2.31. The van der Waals surface area contributed by atoms with Crippen molar-refractivity contribution in [1.29, 1.82) is 0 Å². The van der Waals surface area contributed by atoms with E-state index in [1.807, 2.05) is 0 Å². The van der Waals surface area contributed by atoms with Gasteiger partial charge in [-0.05, 0) is 44.7 Å². The summed E-state index contributed by atoms with van der Waals surface area (Å²) in [6.07, 6.45) is 5.75. The van der Waals surface area contributed by atoms with Crippen LogP contribution >= 0.6 is 0 Å². The van der Waals surface area contributed by atoms with Gasteiger partial charge in [-0.15, -0.1) is 0 Å². The molecule has 0 spiro atoms. The first-order valence-corrected chi connectivity index (χ1v) is 7.30. The summed E-state index contributed by atoms with van der Waals surface area (Å²) in [5.41, 5.74) is 5.84. The largest absolute Gasteiger partial charge is 0.330 e. The zero-order valence-electron chi connectivity index (χ0n) is 11.4. The van der Waals surface area contributed by atoms with Gasteiger partial charge in [0.05, 0.1) is 0 Å². The van der Waals surface area contributed by atoms with Gasteiger partial charge in [0.15, 0.2) is 0 Å². The van der Waals surface area contributed by atoms with Crippen molar-refractivity contribution < 1.29 is 8.78 Å². The van der Waals surface area contributed by atoms with Gasteiger partial charge in [-0.2, -0.15) is 0 Å². The average Bonchev–Trinajstić information content (AvgIpc) is 2.68. The predicted octanol–water partition coefficient (Wildman–Crippen LogP) is 2.87. The van der Waals surface area contributed by atoms with Crippen molar-refractivity contribution in [3.8, 4) is 0 Å². The zero-order chi connectivity index (χ0) is 13.2. The van der Waals surface area contributed by atoms with Gasteiger partial charge in [-0.25, -0.2) is 8.78 Å². The molecular weight excluding hydrogens is 234 g/mol. The van der Waals surface area contributed by atoms with Crippen LogP contribution in [0, 0.1) is 11.8 Å². The number of hydrogen-bond donors (Lipinski definition) is 1. The third kappa shape index (κ3) is 3.41. The quantitative estimate of drug-likeness (QED) is 0.842. The SMILES string of the molecule is CN(CC1CCC(F)(F)C1)C1CCCCC1CN. The molecule has 2 saturated carbocycles. The average molecular weight is 260 g/mol. The molecule has 18 heavy (non-hydrogen) atoms. The molecule has 3 atom stereocenters. The monoisotopic (exact) mass is 260 g/mol. The van der Waals surface area contributed by atoms with E-state index in [1.54, 1.807) is 0 Å². The van der Waals surface area contributed by atoms with E-state index in [-0.39, 0.29) is 18.8 Å². The third-order valence-corrected chi connectivity index (χ3v) is 4.79. The minimum atomic E-state index is -2.41. The van der Waals surface area contributed by atoms with Crippen LogP contribution in [-0.2, 0) is 0 Å². The van der Waals surface area contributed by atoms with Gasteiger partial charge in [0, 0.05) is 25.4 Å². The Morgan fingerprint density at radius 2 is 1.94 bits per heavy atom. The molecule has 2 rings (SSSR count). The highest BCUT2D eigenvalue weighted by molar-refractivity contribution is 4.87. The number of alkyl halides is 2. The molecule has 0 aromatic carbocycles. The van der Waals surface area contributed by atoms with E-state index < -0.39 is 5.92 Å². The van der Waals surface area contributed by atoms with Crippen LogP contribution in [0.25, 0.3) is 0 Å². The third-order valence-electron chi connectivity index (χ3n) is 4.79. The van der Waals surface area contributed by atoms with Crippen molar-refractivity contribution in [3.63, 3.8) is 0 Å². The van der Waals surface area contributed by atoms with E-state index in [0.717, 1.165) is 13.1 Å². The highest BCUT2D eigenvalue weighted by atomic mass is 19.3. The highest BCUT2D eigenvalue weighted by Crippen LogP contribution is 2.39. The summed E-state index contributed by atoms with van der Waals surface area (Å²) >= 11 is 0. The van der Waals surface area contributed by atoms with Gasteiger partial charge >= 0.3 is 0 Å². The Bertz CT molecular complexity index is 271. The lowest BCUT2D eigenvalue weighted by Gasteiger charge is -2.38. The summed E-state index contributed by atoms with van der Waals surface area (Å²) in [7, 11) is 2.09. The van der Waals surface area contributed by atoms with Crippen molar-refractivity contribution in [2.45, 2.75) is 56.9 Å². The van der Waals surface area contributed by atoms with E-state index >= 15 is 0 Å². The second-order valence-electron chi connectivity index (χ2n) is 6.25. The van der Waals surface area contributed by atoms with E-state index in [2.05, 4.69) is 11.9 Å². The van der Waals surface area contributed by atoms with Crippen LogP contribution in [0.15, 0.2) is 0 Å². The van der Waals surface area contributed by atoms with E-state index in [4.69, 9.17) is 5.73 Å².